The van der Waals surface area contributed by atoms with Crippen molar-refractivity contribution in [2.75, 3.05) is 0 Å². The maximum Gasteiger partial charge on any atom is 0.261 e. The Hall–Kier alpha value is -2.69. The van der Waals surface area contributed by atoms with E-state index in [1.54, 1.807) is 37.4 Å². The summed E-state index contributed by atoms with van der Waals surface area (Å²) in [7, 11) is 1.64. The van der Waals surface area contributed by atoms with Crippen molar-refractivity contribution in [1.29, 1.82) is 0 Å². The molecule has 0 aliphatic heterocycles. The maximum absolute atomic E-state index is 13.1. The monoisotopic (exact) mass is 284 g/mol. The van der Waals surface area contributed by atoms with Crippen molar-refractivity contribution in [2.24, 2.45) is 7.05 Å². The first-order valence-corrected chi connectivity index (χ1v) is 6.48. The second-order valence-electron chi connectivity index (χ2n) is 4.66. The van der Waals surface area contributed by atoms with Crippen LogP contribution in [0.3, 0.4) is 0 Å². The summed E-state index contributed by atoms with van der Waals surface area (Å²) < 4.78 is 20.0. The fraction of sp³-hybridized carbons (Fsp3) is 0.125. The van der Waals surface area contributed by atoms with Crippen LogP contribution in [0, 0.1) is 5.82 Å². The molecule has 0 amide bonds. The minimum Gasteiger partial charge on any atom is -0.486 e. The summed E-state index contributed by atoms with van der Waals surface area (Å²) in [4.78, 5) is 16.6. The molecule has 1 aromatic heterocycles. The van der Waals surface area contributed by atoms with E-state index in [0.717, 1.165) is 0 Å². The predicted octanol–water partition coefficient (Wildman–Crippen LogP) is 2.65. The van der Waals surface area contributed by atoms with Crippen LogP contribution in [0.25, 0.3) is 10.9 Å². The van der Waals surface area contributed by atoms with Gasteiger partial charge < -0.3 is 4.74 Å². The van der Waals surface area contributed by atoms with Gasteiger partial charge in [-0.15, -0.1) is 0 Å². The Morgan fingerprint density at radius 1 is 1.19 bits per heavy atom. The first-order valence-electron chi connectivity index (χ1n) is 6.48. The molecule has 0 aliphatic carbocycles. The van der Waals surface area contributed by atoms with Crippen molar-refractivity contribution in [2.45, 2.75) is 6.61 Å². The van der Waals surface area contributed by atoms with Gasteiger partial charge in [-0.1, -0.05) is 18.2 Å². The van der Waals surface area contributed by atoms with E-state index in [9.17, 15) is 9.18 Å². The molecule has 0 radical (unpaired) electrons. The van der Waals surface area contributed by atoms with E-state index in [4.69, 9.17) is 4.74 Å². The lowest BCUT2D eigenvalue weighted by Gasteiger charge is -2.10. The van der Waals surface area contributed by atoms with Crippen molar-refractivity contribution >= 4 is 10.9 Å². The molecule has 0 atom stereocenters. The zero-order chi connectivity index (χ0) is 14.8. The predicted molar refractivity (Wildman–Crippen MR) is 77.7 cm³/mol. The van der Waals surface area contributed by atoms with Crippen molar-refractivity contribution in [3.63, 3.8) is 0 Å². The summed E-state index contributed by atoms with van der Waals surface area (Å²) in [5.41, 5.74) is 0.497. The Morgan fingerprint density at radius 2 is 2.00 bits per heavy atom. The van der Waals surface area contributed by atoms with Crippen LogP contribution in [0.5, 0.6) is 5.75 Å². The van der Waals surface area contributed by atoms with Gasteiger partial charge in [0, 0.05) is 13.1 Å². The van der Waals surface area contributed by atoms with E-state index in [1.165, 1.54) is 16.7 Å². The second kappa shape index (κ2) is 5.36. The Bertz CT molecular complexity index is 858. The smallest absolute Gasteiger partial charge is 0.261 e. The Morgan fingerprint density at radius 3 is 2.81 bits per heavy atom. The summed E-state index contributed by atoms with van der Waals surface area (Å²) in [5, 5.41) is 0.564. The highest BCUT2D eigenvalue weighted by atomic mass is 19.1. The summed E-state index contributed by atoms with van der Waals surface area (Å²) >= 11 is 0. The molecule has 5 heteroatoms. The summed E-state index contributed by atoms with van der Waals surface area (Å²) in [6.07, 6.45) is 0. The number of hydrogen-bond donors (Lipinski definition) is 0. The Kier molecular flexibility index (Phi) is 3.39. The van der Waals surface area contributed by atoms with E-state index < -0.39 is 0 Å². The average molecular weight is 284 g/mol. The molecule has 2 aromatic carbocycles. The van der Waals surface area contributed by atoms with Gasteiger partial charge in [0.15, 0.2) is 0 Å². The molecule has 0 saturated heterocycles. The molecule has 0 aliphatic rings. The number of aromatic nitrogens is 2. The highest BCUT2D eigenvalue weighted by molar-refractivity contribution is 5.77. The van der Waals surface area contributed by atoms with Gasteiger partial charge >= 0.3 is 0 Å². The van der Waals surface area contributed by atoms with Gasteiger partial charge in [0.2, 0.25) is 0 Å². The van der Waals surface area contributed by atoms with Gasteiger partial charge in [-0.2, -0.15) is 0 Å². The minimum atomic E-state index is -0.368. The van der Waals surface area contributed by atoms with Crippen LogP contribution in [-0.4, -0.2) is 9.55 Å². The molecule has 21 heavy (non-hydrogen) atoms. The highest BCUT2D eigenvalue weighted by Gasteiger charge is 2.08. The summed E-state index contributed by atoms with van der Waals surface area (Å²) in [5.74, 6) is 0.522. The van der Waals surface area contributed by atoms with Crippen molar-refractivity contribution < 1.29 is 9.13 Å². The second-order valence-corrected chi connectivity index (χ2v) is 4.66. The molecular formula is C16H13FN2O2. The van der Waals surface area contributed by atoms with Crippen molar-refractivity contribution in [3.8, 4) is 5.75 Å². The van der Waals surface area contributed by atoms with Crippen LogP contribution in [0.1, 0.15) is 5.82 Å². The zero-order valence-corrected chi connectivity index (χ0v) is 11.4. The summed E-state index contributed by atoms with van der Waals surface area (Å²) in [6.45, 7) is 0.0972. The molecule has 0 N–H and O–H groups in total. The Balaban J connectivity index is 1.94. The number of rotatable bonds is 3. The van der Waals surface area contributed by atoms with Gasteiger partial charge in [0.05, 0.1) is 10.9 Å². The Labute approximate surface area is 120 Å². The van der Waals surface area contributed by atoms with E-state index >= 15 is 0 Å². The van der Waals surface area contributed by atoms with Crippen LogP contribution in [0.4, 0.5) is 4.39 Å². The lowest BCUT2D eigenvalue weighted by Crippen LogP contribution is -2.23. The molecule has 0 fully saturated rings. The van der Waals surface area contributed by atoms with Crippen LogP contribution < -0.4 is 10.3 Å². The number of hydrogen-bond acceptors (Lipinski definition) is 3. The normalized spacial score (nSPS) is 10.8. The minimum absolute atomic E-state index is 0.0972. The number of halogens is 1. The number of para-hydroxylation sites is 1. The fourth-order valence-corrected chi connectivity index (χ4v) is 2.10. The van der Waals surface area contributed by atoms with Gasteiger partial charge in [0.25, 0.3) is 5.56 Å². The fourth-order valence-electron chi connectivity index (χ4n) is 2.10. The SMILES string of the molecule is Cn1c(COc2cccc(F)c2)nc2ccccc2c1=O. The van der Waals surface area contributed by atoms with Gasteiger partial charge in [-0.25, -0.2) is 9.37 Å². The number of benzene rings is 2. The maximum atomic E-state index is 13.1. The molecule has 0 saturated carbocycles. The number of fused-ring (bicyclic) bond motifs is 1. The highest BCUT2D eigenvalue weighted by Crippen LogP contribution is 2.14. The molecule has 3 aromatic rings. The number of nitrogens with zero attached hydrogens (tertiary/aromatic N) is 2. The molecule has 106 valence electrons. The third-order valence-corrected chi connectivity index (χ3v) is 3.24. The quantitative estimate of drug-likeness (QED) is 0.742. The third kappa shape index (κ3) is 2.63. The third-order valence-electron chi connectivity index (χ3n) is 3.24. The lowest BCUT2D eigenvalue weighted by molar-refractivity contribution is 0.288. The molecule has 1 heterocycles. The number of ether oxygens (including phenoxy) is 1. The van der Waals surface area contributed by atoms with Gasteiger partial charge in [-0.3, -0.25) is 9.36 Å². The van der Waals surface area contributed by atoms with E-state index in [0.29, 0.717) is 22.5 Å². The molecule has 0 spiro atoms. The van der Waals surface area contributed by atoms with E-state index in [1.807, 2.05) is 6.07 Å². The molecule has 0 bridgehead atoms. The van der Waals surface area contributed by atoms with Crippen LogP contribution in [0.15, 0.2) is 53.3 Å². The molecule has 0 unspecified atom stereocenters. The standard InChI is InChI=1S/C16H13FN2O2/c1-19-15(10-21-12-6-4-5-11(17)9-12)18-14-8-3-2-7-13(14)16(19)20/h2-9H,10H2,1H3. The lowest BCUT2D eigenvalue weighted by atomic mass is 10.2. The first kappa shape index (κ1) is 13.3. The average Bonchev–Trinajstić information content (AvgIpc) is 2.50. The first-order chi connectivity index (χ1) is 10.1. The van der Waals surface area contributed by atoms with Crippen LogP contribution in [-0.2, 0) is 13.7 Å². The largest absolute Gasteiger partial charge is 0.486 e. The van der Waals surface area contributed by atoms with Crippen molar-refractivity contribution in [1.82, 2.24) is 9.55 Å². The molecular weight excluding hydrogens is 271 g/mol. The molecule has 4 nitrogen and oxygen atoms in total. The van der Waals surface area contributed by atoms with Gasteiger partial charge in [0.1, 0.15) is 24.0 Å². The summed E-state index contributed by atoms with van der Waals surface area (Å²) in [6, 6.07) is 13.0. The van der Waals surface area contributed by atoms with Gasteiger partial charge in [-0.05, 0) is 24.3 Å². The topological polar surface area (TPSA) is 44.1 Å². The van der Waals surface area contributed by atoms with Crippen LogP contribution in [0.2, 0.25) is 0 Å². The van der Waals surface area contributed by atoms with Crippen molar-refractivity contribution in [3.05, 3.63) is 70.5 Å². The zero-order valence-electron chi connectivity index (χ0n) is 11.4. The van der Waals surface area contributed by atoms with E-state index in [2.05, 4.69) is 4.98 Å². The van der Waals surface area contributed by atoms with E-state index in [-0.39, 0.29) is 18.0 Å². The molecule has 3 rings (SSSR count). The van der Waals surface area contributed by atoms with Crippen LogP contribution >= 0.6 is 0 Å².